The number of hydrogen-bond donors (Lipinski definition) is 1. The zero-order valence-corrected chi connectivity index (χ0v) is 7.75. The van der Waals surface area contributed by atoms with Gasteiger partial charge in [0.2, 0.25) is 5.76 Å². The Morgan fingerprint density at radius 2 is 2.13 bits per heavy atom. The van der Waals surface area contributed by atoms with Crippen molar-refractivity contribution in [2.45, 2.75) is 5.92 Å². The fourth-order valence-corrected chi connectivity index (χ4v) is 1.66. The molecule has 1 aliphatic rings. The summed E-state index contributed by atoms with van der Waals surface area (Å²) < 4.78 is 0. The first kappa shape index (κ1) is 9.20. The molecule has 0 amide bonds. The first-order valence-electron chi connectivity index (χ1n) is 4.40. The van der Waals surface area contributed by atoms with E-state index in [-0.39, 0.29) is 11.5 Å². The minimum Gasteiger partial charge on any atom is -0.502 e. The van der Waals surface area contributed by atoms with Gasteiger partial charge in [0.25, 0.3) is 0 Å². The molecule has 0 spiro atoms. The standard InChI is InChI=1S/C11H7N3O/c12-6-7-5-10(15)11(14-13)9-4-2-1-3-8(7)9/h1-5,7,15H. The topological polar surface area (TPSA) is 80.4 Å². The van der Waals surface area contributed by atoms with Gasteiger partial charge in [-0.3, -0.25) is 0 Å². The van der Waals surface area contributed by atoms with Gasteiger partial charge in [-0.1, -0.05) is 18.2 Å². The van der Waals surface area contributed by atoms with Crippen molar-refractivity contribution >= 4 is 5.71 Å². The summed E-state index contributed by atoms with van der Waals surface area (Å²) in [6.07, 6.45) is 1.37. The normalized spacial score (nSPS) is 18.5. The Hall–Kier alpha value is -2.37. The highest BCUT2D eigenvalue weighted by Crippen LogP contribution is 2.28. The third-order valence-corrected chi connectivity index (χ3v) is 2.36. The van der Waals surface area contributed by atoms with Crippen LogP contribution in [0, 0.1) is 11.3 Å². The number of nitriles is 1. The van der Waals surface area contributed by atoms with Crippen LogP contribution in [0.4, 0.5) is 0 Å². The minimum atomic E-state index is -0.494. The van der Waals surface area contributed by atoms with Gasteiger partial charge >= 0.3 is 5.71 Å². The number of hydrogen-bond acceptors (Lipinski definition) is 2. The molecular weight excluding hydrogens is 190 g/mol. The lowest BCUT2D eigenvalue weighted by Gasteiger charge is -2.13. The van der Waals surface area contributed by atoms with Crippen LogP contribution < -0.4 is 0 Å². The lowest BCUT2D eigenvalue weighted by atomic mass is 9.87. The van der Waals surface area contributed by atoms with Crippen LogP contribution in [0.25, 0.3) is 5.53 Å². The molecule has 0 aliphatic heterocycles. The smallest absolute Gasteiger partial charge is 0.363 e. The summed E-state index contributed by atoms with van der Waals surface area (Å²) in [6, 6.07) is 9.10. The van der Waals surface area contributed by atoms with Crippen LogP contribution in [-0.4, -0.2) is 15.6 Å². The third-order valence-electron chi connectivity index (χ3n) is 2.36. The van der Waals surface area contributed by atoms with Gasteiger partial charge in [0.1, 0.15) is 0 Å². The monoisotopic (exact) mass is 197 g/mol. The fraction of sp³-hybridized carbons (Fsp3) is 0.0909. The summed E-state index contributed by atoms with van der Waals surface area (Å²) in [5.41, 5.74) is 10.2. The largest absolute Gasteiger partial charge is 0.502 e. The summed E-state index contributed by atoms with van der Waals surface area (Å²) in [7, 11) is 0. The summed E-state index contributed by atoms with van der Waals surface area (Å²) in [5, 5.41) is 18.4. The summed E-state index contributed by atoms with van der Waals surface area (Å²) in [4.78, 5) is 3.03. The van der Waals surface area contributed by atoms with E-state index in [0.717, 1.165) is 5.56 Å². The molecule has 1 N–H and O–H groups in total. The number of allylic oxidation sites excluding steroid dienone is 2. The number of rotatable bonds is 0. The Bertz CT molecular complexity index is 533. The van der Waals surface area contributed by atoms with Crippen LogP contribution in [0.15, 0.2) is 36.1 Å². The second-order valence-electron chi connectivity index (χ2n) is 3.19. The predicted molar refractivity (Wildman–Crippen MR) is 53.2 cm³/mol. The van der Waals surface area contributed by atoms with Gasteiger partial charge in [-0.05, 0) is 17.7 Å². The molecule has 1 unspecified atom stereocenters. The molecule has 15 heavy (non-hydrogen) atoms. The molecule has 4 nitrogen and oxygen atoms in total. The quantitative estimate of drug-likeness (QED) is 0.508. The summed E-state index contributed by atoms with van der Waals surface area (Å²) in [5.74, 6) is -0.658. The van der Waals surface area contributed by atoms with Crippen LogP contribution >= 0.6 is 0 Å². The number of aliphatic hydroxyl groups excluding tert-OH is 1. The van der Waals surface area contributed by atoms with E-state index in [9.17, 15) is 5.11 Å². The van der Waals surface area contributed by atoms with E-state index in [4.69, 9.17) is 10.8 Å². The Morgan fingerprint density at radius 1 is 1.40 bits per heavy atom. The molecule has 72 valence electrons. The van der Waals surface area contributed by atoms with E-state index in [1.54, 1.807) is 24.3 Å². The SMILES string of the molecule is N#CC1C=C(O)C(=[N+]=[N-])c2ccccc21. The lowest BCUT2D eigenvalue weighted by molar-refractivity contribution is -0.00670. The molecule has 0 aromatic heterocycles. The van der Waals surface area contributed by atoms with Crippen LogP contribution in [0.1, 0.15) is 17.0 Å². The second-order valence-corrected chi connectivity index (χ2v) is 3.19. The molecule has 0 bridgehead atoms. The predicted octanol–water partition coefficient (Wildman–Crippen LogP) is 1.77. The van der Waals surface area contributed by atoms with E-state index < -0.39 is 5.92 Å². The zero-order chi connectivity index (χ0) is 10.8. The van der Waals surface area contributed by atoms with Gasteiger partial charge in [-0.2, -0.15) is 10.1 Å². The van der Waals surface area contributed by atoms with Crippen molar-refractivity contribution in [1.29, 1.82) is 5.26 Å². The molecule has 0 fully saturated rings. The van der Waals surface area contributed by atoms with Crippen molar-refractivity contribution < 1.29 is 9.90 Å². The van der Waals surface area contributed by atoms with Gasteiger partial charge in [-0.25, -0.2) is 0 Å². The van der Waals surface area contributed by atoms with Crippen LogP contribution in [0.3, 0.4) is 0 Å². The van der Waals surface area contributed by atoms with Gasteiger partial charge in [0, 0.05) is 0 Å². The van der Waals surface area contributed by atoms with E-state index in [1.165, 1.54) is 6.08 Å². The van der Waals surface area contributed by atoms with E-state index in [2.05, 4.69) is 10.9 Å². The van der Waals surface area contributed by atoms with Gasteiger partial charge in [0.05, 0.1) is 17.6 Å². The number of fused-ring (bicyclic) bond motifs is 1. The average Bonchev–Trinajstić information content (AvgIpc) is 2.28. The van der Waals surface area contributed by atoms with Crippen LogP contribution in [0.2, 0.25) is 0 Å². The van der Waals surface area contributed by atoms with Crippen molar-refractivity contribution in [1.82, 2.24) is 0 Å². The first-order chi connectivity index (χ1) is 7.27. The van der Waals surface area contributed by atoms with E-state index in [1.807, 2.05) is 0 Å². The molecule has 0 radical (unpaired) electrons. The van der Waals surface area contributed by atoms with Crippen LogP contribution in [-0.2, 0) is 0 Å². The highest BCUT2D eigenvalue weighted by atomic mass is 16.3. The Morgan fingerprint density at radius 3 is 2.80 bits per heavy atom. The molecule has 1 aromatic rings. The molecule has 0 heterocycles. The number of benzene rings is 1. The van der Waals surface area contributed by atoms with Crippen molar-refractivity contribution in [3.63, 3.8) is 0 Å². The maximum Gasteiger partial charge on any atom is 0.363 e. The van der Waals surface area contributed by atoms with Gasteiger partial charge in [-0.15, -0.1) is 0 Å². The van der Waals surface area contributed by atoms with Crippen molar-refractivity contribution in [3.8, 4) is 6.07 Å². The number of aliphatic hydroxyl groups is 1. The Balaban J connectivity index is 2.73. The maximum atomic E-state index is 9.54. The minimum absolute atomic E-state index is 0.108. The average molecular weight is 197 g/mol. The molecule has 1 atom stereocenters. The Kier molecular flexibility index (Phi) is 2.09. The first-order valence-corrected chi connectivity index (χ1v) is 4.40. The fourth-order valence-electron chi connectivity index (χ4n) is 1.66. The van der Waals surface area contributed by atoms with Crippen molar-refractivity contribution in [2.75, 3.05) is 0 Å². The molecule has 1 aromatic carbocycles. The summed E-state index contributed by atoms with van der Waals surface area (Å²) in [6.45, 7) is 0. The highest BCUT2D eigenvalue weighted by Gasteiger charge is 2.30. The zero-order valence-electron chi connectivity index (χ0n) is 7.75. The summed E-state index contributed by atoms with van der Waals surface area (Å²) >= 11 is 0. The highest BCUT2D eigenvalue weighted by molar-refractivity contribution is 6.09. The third kappa shape index (κ3) is 1.32. The molecule has 0 saturated carbocycles. The van der Waals surface area contributed by atoms with Gasteiger partial charge < -0.3 is 10.6 Å². The van der Waals surface area contributed by atoms with Crippen molar-refractivity contribution in [2.24, 2.45) is 0 Å². The maximum absolute atomic E-state index is 9.54. The lowest BCUT2D eigenvalue weighted by Crippen LogP contribution is -2.16. The van der Waals surface area contributed by atoms with E-state index >= 15 is 0 Å². The molecule has 2 rings (SSSR count). The molecule has 4 heteroatoms. The Labute approximate surface area is 86.3 Å². The van der Waals surface area contributed by atoms with E-state index in [0.29, 0.717) is 5.56 Å². The second kappa shape index (κ2) is 3.41. The molecule has 0 saturated heterocycles. The molecular formula is C11H7N3O. The van der Waals surface area contributed by atoms with Gasteiger partial charge in [0.15, 0.2) is 0 Å². The number of nitrogens with zero attached hydrogens (tertiary/aromatic N) is 3. The van der Waals surface area contributed by atoms with Crippen molar-refractivity contribution in [3.05, 3.63) is 52.8 Å². The van der Waals surface area contributed by atoms with Crippen LogP contribution in [0.5, 0.6) is 0 Å². The molecule has 1 aliphatic carbocycles.